The second-order valence-corrected chi connectivity index (χ2v) is 5.05. The highest BCUT2D eigenvalue weighted by Crippen LogP contribution is 2.27. The Morgan fingerprint density at radius 2 is 2.24 bits per heavy atom. The van der Waals surface area contributed by atoms with E-state index in [4.69, 9.17) is 10.5 Å². The van der Waals surface area contributed by atoms with E-state index in [0.717, 1.165) is 31.0 Å². The number of nitrogen functional groups attached to an aromatic ring is 1. The number of carbonyl (C=O) groups is 1. The second kappa shape index (κ2) is 5.44. The molecule has 3 rings (SSSR count). The molecule has 0 saturated carbocycles. The number of anilines is 2. The normalized spacial score (nSPS) is 13.7. The zero-order valence-electron chi connectivity index (χ0n) is 11.9. The largest absolute Gasteiger partial charge is 0.465 e. The first-order chi connectivity index (χ1) is 10.2. The highest BCUT2D eigenvalue weighted by molar-refractivity contribution is 5.90. The SMILES string of the molecule is COC(=O)c1ccnc(N2CCc3c(N)cccc3C2)c1. The fourth-order valence-corrected chi connectivity index (χ4v) is 2.67. The predicted octanol–water partition coefficient (Wildman–Crippen LogP) is 2.01. The molecule has 1 aliphatic rings. The molecular formula is C16H17N3O2. The molecule has 1 aliphatic heterocycles. The molecule has 5 nitrogen and oxygen atoms in total. The number of esters is 1. The molecule has 2 N–H and O–H groups in total. The van der Waals surface area contributed by atoms with E-state index in [1.165, 1.54) is 18.2 Å². The third-order valence-corrected chi connectivity index (χ3v) is 3.79. The number of nitrogens with two attached hydrogens (primary N) is 1. The summed E-state index contributed by atoms with van der Waals surface area (Å²) in [5, 5.41) is 0. The summed E-state index contributed by atoms with van der Waals surface area (Å²) in [5.41, 5.74) is 9.81. The van der Waals surface area contributed by atoms with E-state index in [2.05, 4.69) is 16.0 Å². The van der Waals surface area contributed by atoms with Crippen LogP contribution in [-0.2, 0) is 17.7 Å². The summed E-state index contributed by atoms with van der Waals surface area (Å²) in [5.74, 6) is 0.436. The number of fused-ring (bicyclic) bond motifs is 1. The van der Waals surface area contributed by atoms with Crippen LogP contribution in [0.2, 0.25) is 0 Å². The number of ether oxygens (including phenoxy) is 1. The zero-order chi connectivity index (χ0) is 14.8. The van der Waals surface area contributed by atoms with Crippen LogP contribution in [0.5, 0.6) is 0 Å². The number of hydrogen-bond donors (Lipinski definition) is 1. The maximum atomic E-state index is 11.6. The Balaban J connectivity index is 1.88. The van der Waals surface area contributed by atoms with Crippen molar-refractivity contribution in [2.24, 2.45) is 0 Å². The first-order valence-electron chi connectivity index (χ1n) is 6.84. The van der Waals surface area contributed by atoms with Crippen molar-refractivity contribution in [2.45, 2.75) is 13.0 Å². The lowest BCUT2D eigenvalue weighted by Gasteiger charge is -2.30. The van der Waals surface area contributed by atoms with Crippen molar-refractivity contribution in [3.05, 3.63) is 53.2 Å². The van der Waals surface area contributed by atoms with E-state index in [-0.39, 0.29) is 5.97 Å². The number of methoxy groups -OCH3 is 1. The number of benzene rings is 1. The standard InChI is InChI=1S/C16H17N3O2/c1-21-16(20)11-5-7-18-15(9-11)19-8-6-13-12(10-19)3-2-4-14(13)17/h2-5,7,9H,6,8,10,17H2,1H3. The zero-order valence-corrected chi connectivity index (χ0v) is 11.9. The van der Waals surface area contributed by atoms with Gasteiger partial charge in [-0.25, -0.2) is 9.78 Å². The topological polar surface area (TPSA) is 68.5 Å². The minimum Gasteiger partial charge on any atom is -0.465 e. The third-order valence-electron chi connectivity index (χ3n) is 3.79. The summed E-state index contributed by atoms with van der Waals surface area (Å²) in [6.45, 7) is 1.58. The Kier molecular flexibility index (Phi) is 3.48. The van der Waals surface area contributed by atoms with Crippen molar-refractivity contribution >= 4 is 17.5 Å². The number of aromatic nitrogens is 1. The van der Waals surface area contributed by atoms with Gasteiger partial charge in [-0.1, -0.05) is 12.1 Å². The van der Waals surface area contributed by atoms with Crippen LogP contribution in [0.15, 0.2) is 36.5 Å². The molecule has 21 heavy (non-hydrogen) atoms. The Hall–Kier alpha value is -2.56. The van der Waals surface area contributed by atoms with Crippen molar-refractivity contribution in [1.29, 1.82) is 0 Å². The van der Waals surface area contributed by atoms with Crippen LogP contribution in [0.1, 0.15) is 21.5 Å². The molecule has 0 amide bonds. The monoisotopic (exact) mass is 283 g/mol. The van der Waals surface area contributed by atoms with E-state index < -0.39 is 0 Å². The molecule has 0 unspecified atom stereocenters. The van der Waals surface area contributed by atoms with Gasteiger partial charge in [0.25, 0.3) is 0 Å². The van der Waals surface area contributed by atoms with Crippen LogP contribution in [-0.4, -0.2) is 24.6 Å². The number of rotatable bonds is 2. The van der Waals surface area contributed by atoms with Crippen molar-refractivity contribution in [3.63, 3.8) is 0 Å². The quantitative estimate of drug-likeness (QED) is 0.674. The molecule has 0 spiro atoms. The van der Waals surface area contributed by atoms with Gasteiger partial charge >= 0.3 is 5.97 Å². The van der Waals surface area contributed by atoms with Crippen LogP contribution >= 0.6 is 0 Å². The van der Waals surface area contributed by atoms with E-state index >= 15 is 0 Å². The van der Waals surface area contributed by atoms with Gasteiger partial charge in [-0.2, -0.15) is 0 Å². The average molecular weight is 283 g/mol. The number of carbonyl (C=O) groups excluding carboxylic acids is 1. The van der Waals surface area contributed by atoms with Gasteiger partial charge in [0.05, 0.1) is 12.7 Å². The van der Waals surface area contributed by atoms with Gasteiger partial charge in [0.1, 0.15) is 5.82 Å². The molecular weight excluding hydrogens is 266 g/mol. The van der Waals surface area contributed by atoms with Crippen molar-refractivity contribution in [3.8, 4) is 0 Å². The van der Waals surface area contributed by atoms with Gasteiger partial charge in [-0.05, 0) is 35.7 Å². The number of nitrogens with zero attached hydrogens (tertiary/aromatic N) is 2. The van der Waals surface area contributed by atoms with Crippen molar-refractivity contribution in [1.82, 2.24) is 4.98 Å². The lowest BCUT2D eigenvalue weighted by molar-refractivity contribution is 0.0600. The first-order valence-corrected chi connectivity index (χ1v) is 6.84. The third kappa shape index (κ3) is 2.54. The summed E-state index contributed by atoms with van der Waals surface area (Å²) < 4.78 is 4.75. The van der Waals surface area contributed by atoms with Gasteiger partial charge in [-0.15, -0.1) is 0 Å². The maximum Gasteiger partial charge on any atom is 0.338 e. The summed E-state index contributed by atoms with van der Waals surface area (Å²) in [7, 11) is 1.38. The molecule has 1 aromatic carbocycles. The molecule has 0 saturated heterocycles. The van der Waals surface area contributed by atoms with Gasteiger partial charge < -0.3 is 15.4 Å². The molecule has 0 fully saturated rings. The molecule has 0 aliphatic carbocycles. The Morgan fingerprint density at radius 3 is 3.05 bits per heavy atom. The van der Waals surface area contributed by atoms with Crippen LogP contribution in [0, 0.1) is 0 Å². The molecule has 2 heterocycles. The fraction of sp³-hybridized carbons (Fsp3) is 0.250. The Bertz CT molecular complexity index is 685. The van der Waals surface area contributed by atoms with Gasteiger partial charge in [0, 0.05) is 25.0 Å². The Labute approximate surface area is 123 Å². The highest BCUT2D eigenvalue weighted by atomic mass is 16.5. The fourth-order valence-electron chi connectivity index (χ4n) is 2.67. The van der Waals surface area contributed by atoms with Crippen LogP contribution in [0.25, 0.3) is 0 Å². The molecule has 5 heteroatoms. The molecule has 2 aromatic rings. The molecule has 1 aromatic heterocycles. The van der Waals surface area contributed by atoms with Crippen molar-refractivity contribution < 1.29 is 9.53 Å². The van der Waals surface area contributed by atoms with Crippen LogP contribution < -0.4 is 10.6 Å². The lowest BCUT2D eigenvalue weighted by Crippen LogP contribution is -2.31. The van der Waals surface area contributed by atoms with Gasteiger partial charge in [0.2, 0.25) is 0 Å². The maximum absolute atomic E-state index is 11.6. The van der Waals surface area contributed by atoms with Crippen LogP contribution in [0.4, 0.5) is 11.5 Å². The second-order valence-electron chi connectivity index (χ2n) is 5.05. The van der Waals surface area contributed by atoms with Crippen molar-refractivity contribution in [2.75, 3.05) is 24.3 Å². The minimum atomic E-state index is -0.347. The number of pyridine rings is 1. The molecule has 0 bridgehead atoms. The first kappa shape index (κ1) is 13.4. The molecule has 0 radical (unpaired) electrons. The summed E-state index contributed by atoms with van der Waals surface area (Å²) in [6.07, 6.45) is 2.52. The minimum absolute atomic E-state index is 0.347. The van der Waals surface area contributed by atoms with Gasteiger partial charge in [-0.3, -0.25) is 0 Å². The van der Waals surface area contributed by atoms with E-state index in [1.54, 1.807) is 18.3 Å². The predicted molar refractivity (Wildman–Crippen MR) is 81.2 cm³/mol. The van der Waals surface area contributed by atoms with E-state index in [0.29, 0.717) is 5.56 Å². The van der Waals surface area contributed by atoms with E-state index in [9.17, 15) is 4.79 Å². The average Bonchev–Trinajstić information content (AvgIpc) is 2.54. The summed E-state index contributed by atoms with van der Waals surface area (Å²) >= 11 is 0. The molecule has 0 atom stereocenters. The molecule has 108 valence electrons. The summed E-state index contributed by atoms with van der Waals surface area (Å²) in [6, 6.07) is 9.41. The van der Waals surface area contributed by atoms with Crippen LogP contribution in [0.3, 0.4) is 0 Å². The lowest BCUT2D eigenvalue weighted by atomic mass is 9.98. The number of hydrogen-bond acceptors (Lipinski definition) is 5. The smallest absolute Gasteiger partial charge is 0.338 e. The Morgan fingerprint density at radius 1 is 1.38 bits per heavy atom. The summed E-state index contributed by atoms with van der Waals surface area (Å²) in [4.78, 5) is 18.1. The van der Waals surface area contributed by atoms with E-state index in [1.807, 2.05) is 12.1 Å². The highest BCUT2D eigenvalue weighted by Gasteiger charge is 2.19. The van der Waals surface area contributed by atoms with Gasteiger partial charge in [0.15, 0.2) is 0 Å².